The van der Waals surface area contributed by atoms with Crippen LogP contribution in [0.2, 0.25) is 0 Å². The molecule has 0 saturated carbocycles. The molecule has 0 unspecified atom stereocenters. The molecule has 0 radical (unpaired) electrons. The summed E-state index contributed by atoms with van der Waals surface area (Å²) < 4.78 is 18.3. The van der Waals surface area contributed by atoms with Gasteiger partial charge in [-0.1, -0.05) is 6.07 Å². The Labute approximate surface area is 108 Å². The Hall–Kier alpha value is -1.58. The van der Waals surface area contributed by atoms with Gasteiger partial charge in [0.1, 0.15) is 0 Å². The second-order valence-corrected chi connectivity index (χ2v) is 4.57. The van der Waals surface area contributed by atoms with Crippen LogP contribution < -0.4 is 4.74 Å². The first-order valence-electron chi connectivity index (χ1n) is 6.03. The van der Waals surface area contributed by atoms with Crippen molar-refractivity contribution in [2.45, 2.75) is 32.7 Å². The molecule has 100 valence electrons. The molecule has 1 rings (SSSR count). The van der Waals surface area contributed by atoms with Crippen LogP contribution in [0.1, 0.15) is 25.8 Å². The Morgan fingerprint density at radius 2 is 2.11 bits per heavy atom. The van der Waals surface area contributed by atoms with Crippen LogP contribution in [-0.4, -0.2) is 31.0 Å². The quantitative estimate of drug-likeness (QED) is 0.807. The first-order valence-corrected chi connectivity index (χ1v) is 6.03. The Bertz CT molecular complexity index is 418. The topological polar surface area (TPSA) is 29.5 Å². The number of benzene rings is 1. The van der Waals surface area contributed by atoms with Crippen molar-refractivity contribution >= 4 is 5.91 Å². The maximum Gasteiger partial charge on any atom is 0.222 e. The highest BCUT2D eigenvalue weighted by Crippen LogP contribution is 2.18. The van der Waals surface area contributed by atoms with Gasteiger partial charge >= 0.3 is 0 Å². The third-order valence-electron chi connectivity index (χ3n) is 3.01. The first-order chi connectivity index (χ1) is 8.45. The molecule has 0 heterocycles. The Morgan fingerprint density at radius 1 is 1.44 bits per heavy atom. The number of halogens is 1. The van der Waals surface area contributed by atoms with Crippen LogP contribution in [0.15, 0.2) is 18.2 Å². The minimum absolute atomic E-state index is 0.0706. The lowest BCUT2D eigenvalue weighted by Gasteiger charge is -2.21. The zero-order valence-corrected chi connectivity index (χ0v) is 11.4. The molecule has 0 fully saturated rings. The van der Waals surface area contributed by atoms with Crippen LogP contribution >= 0.6 is 0 Å². The third-order valence-corrected chi connectivity index (χ3v) is 3.01. The van der Waals surface area contributed by atoms with E-state index in [1.165, 1.54) is 13.2 Å². The number of hydrogen-bond donors (Lipinski definition) is 0. The van der Waals surface area contributed by atoms with Gasteiger partial charge in [0.15, 0.2) is 11.6 Å². The van der Waals surface area contributed by atoms with E-state index in [2.05, 4.69) is 0 Å². The van der Waals surface area contributed by atoms with Gasteiger partial charge in [0.05, 0.1) is 7.11 Å². The lowest BCUT2D eigenvalue weighted by Crippen LogP contribution is -2.33. The van der Waals surface area contributed by atoms with Gasteiger partial charge in [0.2, 0.25) is 5.91 Å². The van der Waals surface area contributed by atoms with Gasteiger partial charge in [-0.3, -0.25) is 4.79 Å². The highest BCUT2D eigenvalue weighted by Gasteiger charge is 2.12. The Balaban J connectivity index is 2.59. The highest BCUT2D eigenvalue weighted by atomic mass is 19.1. The van der Waals surface area contributed by atoms with Crippen molar-refractivity contribution in [1.82, 2.24) is 4.90 Å². The monoisotopic (exact) mass is 253 g/mol. The predicted molar refractivity (Wildman–Crippen MR) is 69.2 cm³/mol. The summed E-state index contributed by atoms with van der Waals surface area (Å²) in [7, 11) is 3.21. The fourth-order valence-electron chi connectivity index (χ4n) is 1.58. The molecule has 4 heteroatoms. The molecular formula is C14H20FNO2. The molecule has 0 aliphatic heterocycles. The maximum atomic E-state index is 13.4. The van der Waals surface area contributed by atoms with Gasteiger partial charge in [-0.05, 0) is 38.0 Å². The van der Waals surface area contributed by atoms with Crippen LogP contribution in [0.25, 0.3) is 0 Å². The van der Waals surface area contributed by atoms with E-state index in [0.29, 0.717) is 12.8 Å². The van der Waals surface area contributed by atoms with Crippen molar-refractivity contribution in [3.63, 3.8) is 0 Å². The Morgan fingerprint density at radius 3 is 2.61 bits per heavy atom. The molecule has 3 nitrogen and oxygen atoms in total. The van der Waals surface area contributed by atoms with Crippen molar-refractivity contribution < 1.29 is 13.9 Å². The van der Waals surface area contributed by atoms with E-state index >= 15 is 0 Å². The minimum atomic E-state index is -0.389. The predicted octanol–water partition coefficient (Wildman–Crippen LogP) is 2.63. The first kappa shape index (κ1) is 14.5. The molecule has 18 heavy (non-hydrogen) atoms. The Kier molecular flexibility index (Phi) is 5.13. The van der Waals surface area contributed by atoms with Gasteiger partial charge in [-0.15, -0.1) is 0 Å². The SMILES string of the molecule is COc1ccc(CCC(=O)N(C)C(C)C)cc1F. The minimum Gasteiger partial charge on any atom is -0.494 e. The number of amides is 1. The van der Waals surface area contributed by atoms with Crippen molar-refractivity contribution in [3.05, 3.63) is 29.6 Å². The smallest absolute Gasteiger partial charge is 0.222 e. The zero-order chi connectivity index (χ0) is 13.7. The largest absolute Gasteiger partial charge is 0.494 e. The molecular weight excluding hydrogens is 233 g/mol. The zero-order valence-electron chi connectivity index (χ0n) is 11.4. The molecule has 1 aromatic carbocycles. The van der Waals surface area contributed by atoms with Gasteiger partial charge in [0, 0.05) is 19.5 Å². The van der Waals surface area contributed by atoms with Crippen LogP contribution in [0, 0.1) is 5.82 Å². The summed E-state index contributed by atoms with van der Waals surface area (Å²) in [5, 5.41) is 0. The lowest BCUT2D eigenvalue weighted by molar-refractivity contribution is -0.131. The normalized spacial score (nSPS) is 10.6. The molecule has 0 saturated heterocycles. The van der Waals surface area contributed by atoms with Gasteiger partial charge in [-0.2, -0.15) is 0 Å². The second-order valence-electron chi connectivity index (χ2n) is 4.57. The van der Waals surface area contributed by atoms with E-state index < -0.39 is 0 Å². The van der Waals surface area contributed by atoms with Crippen LogP contribution in [0.3, 0.4) is 0 Å². The summed E-state index contributed by atoms with van der Waals surface area (Å²) in [5.74, 6) is -0.0923. The second kappa shape index (κ2) is 6.38. The number of methoxy groups -OCH3 is 1. The summed E-state index contributed by atoms with van der Waals surface area (Å²) in [6, 6.07) is 4.97. The fourth-order valence-corrected chi connectivity index (χ4v) is 1.58. The van der Waals surface area contributed by atoms with Crippen LogP contribution in [0.5, 0.6) is 5.75 Å². The average molecular weight is 253 g/mol. The molecule has 0 bridgehead atoms. The van der Waals surface area contributed by atoms with Crippen molar-refractivity contribution in [2.24, 2.45) is 0 Å². The summed E-state index contributed by atoms with van der Waals surface area (Å²) in [6.45, 7) is 3.93. The molecule has 1 aromatic rings. The van der Waals surface area contributed by atoms with Crippen molar-refractivity contribution in [1.29, 1.82) is 0 Å². The van der Waals surface area contributed by atoms with Gasteiger partial charge in [-0.25, -0.2) is 4.39 Å². The van der Waals surface area contributed by atoms with E-state index in [1.54, 1.807) is 24.1 Å². The molecule has 0 N–H and O–H groups in total. The highest BCUT2D eigenvalue weighted by molar-refractivity contribution is 5.76. The molecule has 0 aliphatic carbocycles. The van der Waals surface area contributed by atoms with Crippen molar-refractivity contribution in [3.8, 4) is 5.75 Å². The summed E-state index contributed by atoms with van der Waals surface area (Å²) >= 11 is 0. The number of carbonyl (C=O) groups is 1. The third kappa shape index (κ3) is 3.72. The van der Waals surface area contributed by atoms with Gasteiger partial charge < -0.3 is 9.64 Å². The van der Waals surface area contributed by atoms with Crippen LogP contribution in [-0.2, 0) is 11.2 Å². The van der Waals surface area contributed by atoms with E-state index in [9.17, 15) is 9.18 Å². The van der Waals surface area contributed by atoms with E-state index in [4.69, 9.17) is 4.74 Å². The van der Waals surface area contributed by atoms with E-state index in [1.807, 2.05) is 13.8 Å². The molecule has 0 spiro atoms. The molecule has 0 atom stereocenters. The summed E-state index contributed by atoms with van der Waals surface area (Å²) in [4.78, 5) is 13.5. The average Bonchev–Trinajstić information content (AvgIpc) is 2.35. The number of nitrogens with zero attached hydrogens (tertiary/aromatic N) is 1. The molecule has 0 aliphatic rings. The number of aryl methyl sites for hydroxylation is 1. The number of hydrogen-bond acceptors (Lipinski definition) is 2. The molecule has 0 aromatic heterocycles. The number of rotatable bonds is 5. The lowest BCUT2D eigenvalue weighted by atomic mass is 10.1. The number of carbonyl (C=O) groups excluding carboxylic acids is 1. The fraction of sp³-hybridized carbons (Fsp3) is 0.500. The van der Waals surface area contributed by atoms with Crippen molar-refractivity contribution in [2.75, 3.05) is 14.2 Å². The van der Waals surface area contributed by atoms with Crippen LogP contribution in [0.4, 0.5) is 4.39 Å². The van der Waals surface area contributed by atoms with E-state index in [-0.39, 0.29) is 23.5 Å². The summed E-state index contributed by atoms with van der Waals surface area (Å²) in [5.41, 5.74) is 0.804. The van der Waals surface area contributed by atoms with Gasteiger partial charge in [0.25, 0.3) is 0 Å². The molecule has 1 amide bonds. The summed E-state index contributed by atoms with van der Waals surface area (Å²) in [6.07, 6.45) is 0.928. The standard InChI is InChI=1S/C14H20FNO2/c1-10(2)16(3)14(17)8-6-11-5-7-13(18-4)12(15)9-11/h5,7,9-10H,6,8H2,1-4H3. The maximum absolute atomic E-state index is 13.4. The number of ether oxygens (including phenoxy) is 1. The van der Waals surface area contributed by atoms with E-state index in [0.717, 1.165) is 5.56 Å².